The van der Waals surface area contributed by atoms with Crippen molar-refractivity contribution in [3.05, 3.63) is 0 Å². The van der Waals surface area contributed by atoms with E-state index in [1.165, 1.54) is 0 Å². The summed E-state index contributed by atoms with van der Waals surface area (Å²) in [5.41, 5.74) is 0. The van der Waals surface area contributed by atoms with Gasteiger partial charge in [0.2, 0.25) is 0 Å². The lowest BCUT2D eigenvalue weighted by Crippen LogP contribution is -2.53. The number of halogens is 3. The molecule has 0 unspecified atom stereocenters. The molecule has 0 fully saturated rings. The monoisotopic (exact) mass is 227 g/mol. The van der Waals surface area contributed by atoms with Crippen LogP contribution in [0.2, 0.25) is 19.1 Å². The van der Waals surface area contributed by atoms with Crippen molar-refractivity contribution in [2.75, 3.05) is 0 Å². The molecule has 1 amide bonds. The molecule has 0 aliphatic carbocycles. The van der Waals surface area contributed by atoms with E-state index in [0.29, 0.717) is 12.0 Å². The van der Waals surface area contributed by atoms with E-state index in [4.69, 9.17) is 0 Å². The molecule has 0 saturated heterocycles. The number of nitrogens with one attached hydrogen (secondary N) is 1. The first-order valence-electron chi connectivity index (χ1n) is 4.44. The molecule has 2 nitrogen and oxygen atoms in total. The van der Waals surface area contributed by atoms with Gasteiger partial charge in [-0.15, -0.1) is 0 Å². The van der Waals surface area contributed by atoms with E-state index < -0.39 is 20.3 Å². The molecule has 0 aromatic heterocycles. The maximum atomic E-state index is 11.9. The topological polar surface area (TPSA) is 29.1 Å². The molecule has 0 radical (unpaired) electrons. The first-order chi connectivity index (χ1) is 6.04. The van der Waals surface area contributed by atoms with Crippen molar-refractivity contribution in [2.24, 2.45) is 5.92 Å². The summed E-state index contributed by atoms with van der Waals surface area (Å²) in [5.74, 6) is -1.51. The van der Waals surface area contributed by atoms with Crippen LogP contribution in [0.5, 0.6) is 0 Å². The molecule has 0 aliphatic rings. The summed E-state index contributed by atoms with van der Waals surface area (Å²) in [7, 11) is -2.26. The lowest BCUT2D eigenvalue weighted by atomic mass is 10.3. The SMILES string of the molecule is CC(C)C[Si](C)(C)NC(=O)C(F)(F)F. The number of carbonyl (C=O) groups excluding carboxylic acids is 1. The largest absolute Gasteiger partial charge is 0.470 e. The van der Waals surface area contributed by atoms with Gasteiger partial charge in [0.05, 0.1) is 0 Å². The smallest absolute Gasteiger partial charge is 0.374 e. The Morgan fingerprint density at radius 1 is 1.36 bits per heavy atom. The summed E-state index contributed by atoms with van der Waals surface area (Å²) in [5, 5.41) is 0. The van der Waals surface area contributed by atoms with Crippen LogP contribution in [-0.2, 0) is 4.79 Å². The molecule has 0 bridgehead atoms. The molecule has 14 heavy (non-hydrogen) atoms. The maximum absolute atomic E-state index is 11.9. The summed E-state index contributed by atoms with van der Waals surface area (Å²) < 4.78 is 35.8. The Morgan fingerprint density at radius 2 is 1.79 bits per heavy atom. The van der Waals surface area contributed by atoms with Crippen LogP contribution in [0.25, 0.3) is 0 Å². The average molecular weight is 227 g/mol. The van der Waals surface area contributed by atoms with Crippen LogP contribution in [0.4, 0.5) is 13.2 Å². The minimum atomic E-state index is -4.76. The van der Waals surface area contributed by atoms with Crippen molar-refractivity contribution >= 4 is 14.1 Å². The highest BCUT2D eigenvalue weighted by Gasteiger charge is 2.41. The molecule has 0 heterocycles. The predicted molar refractivity (Wildman–Crippen MR) is 51.3 cm³/mol. The Labute approximate surface area is 83.0 Å². The van der Waals surface area contributed by atoms with E-state index >= 15 is 0 Å². The van der Waals surface area contributed by atoms with E-state index in [1.54, 1.807) is 13.1 Å². The van der Waals surface area contributed by atoms with Gasteiger partial charge in [0.25, 0.3) is 0 Å². The van der Waals surface area contributed by atoms with Gasteiger partial charge >= 0.3 is 12.1 Å². The molecule has 0 saturated carbocycles. The number of rotatable bonds is 3. The predicted octanol–water partition coefficient (Wildman–Crippen LogP) is 2.53. The maximum Gasteiger partial charge on any atom is 0.470 e. The molecular weight excluding hydrogens is 211 g/mol. The van der Waals surface area contributed by atoms with Crippen LogP contribution < -0.4 is 4.98 Å². The van der Waals surface area contributed by atoms with Gasteiger partial charge in [0.1, 0.15) is 0 Å². The normalized spacial score (nSPS) is 13.1. The number of carbonyl (C=O) groups is 1. The molecule has 0 rings (SSSR count). The summed E-state index contributed by atoms with van der Waals surface area (Å²) in [6, 6.07) is 0.648. The third-order valence-corrected chi connectivity index (χ3v) is 4.37. The Balaban J connectivity index is 4.30. The fraction of sp³-hybridized carbons (Fsp3) is 0.875. The Kier molecular flexibility index (Phi) is 4.17. The van der Waals surface area contributed by atoms with E-state index in [9.17, 15) is 18.0 Å². The van der Waals surface area contributed by atoms with Crippen molar-refractivity contribution in [3.63, 3.8) is 0 Å². The highest BCUT2D eigenvalue weighted by molar-refractivity contribution is 6.77. The molecule has 0 aromatic rings. The van der Waals surface area contributed by atoms with Gasteiger partial charge < -0.3 is 4.98 Å². The van der Waals surface area contributed by atoms with Crippen molar-refractivity contribution in [2.45, 2.75) is 39.2 Å². The lowest BCUT2D eigenvalue weighted by Gasteiger charge is -2.25. The molecule has 0 aliphatic heterocycles. The fourth-order valence-corrected chi connectivity index (χ4v) is 4.35. The zero-order valence-corrected chi connectivity index (χ0v) is 9.83. The highest BCUT2D eigenvalue weighted by Crippen LogP contribution is 2.18. The first-order valence-corrected chi connectivity index (χ1v) is 7.64. The van der Waals surface area contributed by atoms with Gasteiger partial charge in [-0.2, -0.15) is 13.2 Å². The zero-order valence-electron chi connectivity index (χ0n) is 8.83. The highest BCUT2D eigenvalue weighted by atomic mass is 28.3. The summed E-state index contributed by atoms with van der Waals surface area (Å²) in [6.07, 6.45) is -4.76. The van der Waals surface area contributed by atoms with E-state index in [1.807, 2.05) is 13.8 Å². The third-order valence-electron chi connectivity index (χ3n) is 1.63. The standard InChI is InChI=1S/C8H16F3NOSi/c1-6(2)5-14(3,4)12-7(13)8(9,10)11/h6H,5H2,1-4H3,(H,12,13). The van der Waals surface area contributed by atoms with E-state index in [-0.39, 0.29) is 0 Å². The zero-order chi connectivity index (χ0) is 11.6. The van der Waals surface area contributed by atoms with Gasteiger partial charge in [-0.1, -0.05) is 26.9 Å². The van der Waals surface area contributed by atoms with Crippen LogP contribution in [0.1, 0.15) is 13.8 Å². The van der Waals surface area contributed by atoms with Gasteiger partial charge in [-0.25, -0.2) is 0 Å². The van der Waals surface area contributed by atoms with Crippen LogP contribution in [0, 0.1) is 5.92 Å². The van der Waals surface area contributed by atoms with E-state index in [2.05, 4.69) is 4.98 Å². The van der Waals surface area contributed by atoms with Crippen molar-refractivity contribution in [1.29, 1.82) is 0 Å². The van der Waals surface area contributed by atoms with Gasteiger partial charge in [0, 0.05) is 0 Å². The molecule has 0 spiro atoms. The average Bonchev–Trinajstić information content (AvgIpc) is 1.79. The van der Waals surface area contributed by atoms with Crippen LogP contribution in [0.3, 0.4) is 0 Å². The number of hydrogen-bond donors (Lipinski definition) is 1. The first kappa shape index (κ1) is 13.5. The van der Waals surface area contributed by atoms with Crippen molar-refractivity contribution in [3.8, 4) is 0 Å². The lowest BCUT2D eigenvalue weighted by molar-refractivity contribution is -0.171. The second-order valence-electron chi connectivity index (χ2n) is 4.43. The number of hydrogen-bond acceptors (Lipinski definition) is 1. The third kappa shape index (κ3) is 5.26. The van der Waals surface area contributed by atoms with Crippen molar-refractivity contribution in [1.82, 2.24) is 4.98 Å². The fourth-order valence-electron chi connectivity index (χ4n) is 1.45. The Hall–Kier alpha value is -0.523. The summed E-state index contributed by atoms with van der Waals surface area (Å²) in [4.78, 5) is 12.8. The molecule has 6 heteroatoms. The van der Waals surface area contributed by atoms with Crippen LogP contribution in [-0.4, -0.2) is 20.3 Å². The van der Waals surface area contributed by atoms with Gasteiger partial charge in [-0.3, -0.25) is 4.79 Å². The molecule has 1 N–H and O–H groups in total. The van der Waals surface area contributed by atoms with Crippen LogP contribution >= 0.6 is 0 Å². The van der Waals surface area contributed by atoms with Gasteiger partial charge in [-0.05, 0) is 12.0 Å². The van der Waals surface area contributed by atoms with Crippen LogP contribution in [0.15, 0.2) is 0 Å². The second kappa shape index (κ2) is 4.33. The number of amides is 1. The van der Waals surface area contributed by atoms with Crippen molar-refractivity contribution < 1.29 is 18.0 Å². The number of alkyl halides is 3. The minimum absolute atomic E-state index is 0.296. The molecule has 0 aromatic carbocycles. The minimum Gasteiger partial charge on any atom is -0.374 e. The Bertz CT molecular complexity index is 213. The molecular formula is C8H16F3NOSi. The summed E-state index contributed by atoms with van der Waals surface area (Å²) in [6.45, 7) is 7.29. The molecule has 0 atom stereocenters. The second-order valence-corrected chi connectivity index (χ2v) is 8.86. The van der Waals surface area contributed by atoms with Gasteiger partial charge in [0.15, 0.2) is 8.24 Å². The Morgan fingerprint density at radius 3 is 2.07 bits per heavy atom. The van der Waals surface area contributed by atoms with E-state index in [0.717, 1.165) is 0 Å². The quantitative estimate of drug-likeness (QED) is 0.737. The molecule has 84 valence electrons. The summed E-state index contributed by atoms with van der Waals surface area (Å²) >= 11 is 0.